The summed E-state index contributed by atoms with van der Waals surface area (Å²) in [4.78, 5) is 12.0. The smallest absolute Gasteiger partial charge is 0.226 e. The van der Waals surface area contributed by atoms with Crippen LogP contribution in [0.3, 0.4) is 0 Å². The van der Waals surface area contributed by atoms with Crippen LogP contribution in [0.4, 0.5) is 5.69 Å². The van der Waals surface area contributed by atoms with Crippen molar-refractivity contribution in [3.05, 3.63) is 126 Å². The largest absolute Gasteiger partial charge is 0.444 e. The lowest BCUT2D eigenvalue weighted by Crippen LogP contribution is -2.33. The fourth-order valence-corrected chi connectivity index (χ4v) is 5.74. The van der Waals surface area contributed by atoms with E-state index in [0.29, 0.717) is 11.8 Å². The van der Waals surface area contributed by atoms with Gasteiger partial charge in [0.25, 0.3) is 0 Å². The molecular formula is C34H31N3O2. The van der Waals surface area contributed by atoms with Gasteiger partial charge < -0.3 is 13.7 Å². The van der Waals surface area contributed by atoms with Gasteiger partial charge in [-0.05, 0) is 61.6 Å². The Morgan fingerprint density at radius 1 is 0.846 bits per heavy atom. The molecule has 39 heavy (non-hydrogen) atoms. The van der Waals surface area contributed by atoms with E-state index in [1.807, 2.05) is 24.3 Å². The van der Waals surface area contributed by atoms with E-state index >= 15 is 0 Å². The number of hydrogen-bond acceptors (Lipinski definition) is 5. The molecule has 0 amide bonds. The molecule has 3 aliphatic rings. The Kier molecular flexibility index (Phi) is 6.12. The standard InChI is InChI=1S/C34H31N3O2/c1-23-15-18-26(21-22-28(23)34-36-30-12-6-8-14-32(30)39-34)37(25-9-3-2-4-10-25)27-19-16-24(17-20-27)33-35-29-11-5-7-13-31(29)38-33/h2-7,9-13,16-19,21-23,27-28H,8,14-15,20H2,1H3/t23-,27?,28?/m1/s1. The lowest BCUT2D eigenvalue weighted by Gasteiger charge is -2.33. The van der Waals surface area contributed by atoms with E-state index in [1.54, 1.807) is 0 Å². The summed E-state index contributed by atoms with van der Waals surface area (Å²) in [5.41, 5.74) is 6.08. The maximum absolute atomic E-state index is 6.26. The minimum atomic E-state index is 0.142. The molecule has 2 aromatic carbocycles. The van der Waals surface area contributed by atoms with E-state index in [2.05, 4.69) is 90.8 Å². The Bertz CT molecular complexity index is 1620. The van der Waals surface area contributed by atoms with E-state index in [0.717, 1.165) is 59.7 Å². The molecule has 0 radical (unpaired) electrons. The summed E-state index contributed by atoms with van der Waals surface area (Å²) in [5.74, 6) is 3.05. The van der Waals surface area contributed by atoms with Gasteiger partial charge in [0.1, 0.15) is 17.0 Å². The molecule has 0 saturated carbocycles. The lowest BCUT2D eigenvalue weighted by molar-refractivity contribution is 0.390. The van der Waals surface area contributed by atoms with Crippen LogP contribution < -0.4 is 4.90 Å². The first-order chi connectivity index (χ1) is 19.2. The number of hydrogen-bond donors (Lipinski definition) is 0. The lowest BCUT2D eigenvalue weighted by atomic mass is 9.92. The van der Waals surface area contributed by atoms with Crippen LogP contribution in [0.2, 0.25) is 0 Å². The normalized spacial score (nSPS) is 22.3. The summed E-state index contributed by atoms with van der Waals surface area (Å²) in [5, 5.41) is 0. The van der Waals surface area contributed by atoms with Gasteiger partial charge in [0.15, 0.2) is 5.58 Å². The van der Waals surface area contributed by atoms with E-state index in [-0.39, 0.29) is 12.0 Å². The van der Waals surface area contributed by atoms with Gasteiger partial charge in [-0.15, -0.1) is 0 Å². The van der Waals surface area contributed by atoms with Crippen molar-refractivity contribution >= 4 is 28.4 Å². The summed E-state index contributed by atoms with van der Waals surface area (Å²) in [6, 6.07) is 18.7. The molecule has 0 N–H and O–H groups in total. The third-order valence-electron chi connectivity index (χ3n) is 7.89. The molecule has 7 rings (SSSR count). The molecule has 5 nitrogen and oxygen atoms in total. The fraction of sp³-hybridized carbons (Fsp3) is 0.235. The second-order valence-corrected chi connectivity index (χ2v) is 10.5. The molecule has 0 spiro atoms. The van der Waals surface area contributed by atoms with Crippen LogP contribution in [-0.2, 0) is 6.42 Å². The van der Waals surface area contributed by atoms with Crippen molar-refractivity contribution in [2.75, 3.05) is 4.90 Å². The van der Waals surface area contributed by atoms with Gasteiger partial charge >= 0.3 is 0 Å². The Labute approximate surface area is 228 Å². The number of anilines is 1. The molecule has 2 heterocycles. The molecule has 3 aliphatic carbocycles. The predicted molar refractivity (Wildman–Crippen MR) is 156 cm³/mol. The maximum Gasteiger partial charge on any atom is 0.226 e. The van der Waals surface area contributed by atoms with Crippen LogP contribution in [0.1, 0.15) is 55.3 Å². The van der Waals surface area contributed by atoms with Crippen molar-refractivity contribution in [2.24, 2.45) is 5.92 Å². The number of benzene rings is 2. The minimum absolute atomic E-state index is 0.142. The first kappa shape index (κ1) is 23.7. The monoisotopic (exact) mass is 513 g/mol. The summed E-state index contributed by atoms with van der Waals surface area (Å²) in [6.07, 6.45) is 21.6. The molecule has 2 unspecified atom stereocenters. The van der Waals surface area contributed by atoms with Crippen LogP contribution in [0, 0.1) is 5.92 Å². The van der Waals surface area contributed by atoms with Crippen LogP contribution in [-0.4, -0.2) is 16.0 Å². The minimum Gasteiger partial charge on any atom is -0.444 e. The topological polar surface area (TPSA) is 55.3 Å². The summed E-state index contributed by atoms with van der Waals surface area (Å²) in [7, 11) is 0. The predicted octanol–water partition coefficient (Wildman–Crippen LogP) is 8.26. The van der Waals surface area contributed by atoms with Gasteiger partial charge in [-0.3, -0.25) is 0 Å². The average molecular weight is 514 g/mol. The van der Waals surface area contributed by atoms with E-state index in [4.69, 9.17) is 18.8 Å². The SMILES string of the molecule is C[C@@H]1CC=C(N(c2ccccc2)C2C=CC(c3nc4ccccc4o3)=CC2)C=CC1c1nc2c(o1)CCC=C2. The zero-order chi connectivity index (χ0) is 26.2. The van der Waals surface area contributed by atoms with Gasteiger partial charge in [0.05, 0.1) is 12.0 Å². The molecule has 0 bridgehead atoms. The Morgan fingerprint density at radius 3 is 2.54 bits per heavy atom. The highest BCUT2D eigenvalue weighted by Crippen LogP contribution is 2.37. The van der Waals surface area contributed by atoms with E-state index in [1.165, 1.54) is 11.4 Å². The fourth-order valence-electron chi connectivity index (χ4n) is 5.74. The molecule has 0 saturated heterocycles. The number of allylic oxidation sites excluding steroid dienone is 6. The first-order valence-corrected chi connectivity index (χ1v) is 13.9. The van der Waals surface area contributed by atoms with Gasteiger partial charge in [-0.2, -0.15) is 0 Å². The van der Waals surface area contributed by atoms with Gasteiger partial charge in [-0.1, -0.05) is 73.7 Å². The summed E-state index contributed by atoms with van der Waals surface area (Å²) >= 11 is 0. The second-order valence-electron chi connectivity index (χ2n) is 10.5. The molecule has 5 heteroatoms. The number of aromatic nitrogens is 2. The molecular weight excluding hydrogens is 482 g/mol. The van der Waals surface area contributed by atoms with Gasteiger partial charge in [0.2, 0.25) is 11.8 Å². The van der Waals surface area contributed by atoms with Crippen molar-refractivity contribution in [3.63, 3.8) is 0 Å². The summed E-state index contributed by atoms with van der Waals surface area (Å²) < 4.78 is 12.3. The van der Waals surface area contributed by atoms with Crippen molar-refractivity contribution in [1.29, 1.82) is 0 Å². The number of aryl methyl sites for hydroxylation is 1. The molecule has 3 atom stereocenters. The second kappa shape index (κ2) is 10.1. The quantitative estimate of drug-likeness (QED) is 0.269. The van der Waals surface area contributed by atoms with Gasteiger partial charge in [-0.25, -0.2) is 9.97 Å². The number of fused-ring (bicyclic) bond motifs is 2. The highest BCUT2D eigenvalue weighted by atomic mass is 16.4. The van der Waals surface area contributed by atoms with Crippen molar-refractivity contribution in [1.82, 2.24) is 9.97 Å². The number of nitrogens with zero attached hydrogens (tertiary/aromatic N) is 3. The maximum atomic E-state index is 6.26. The molecule has 0 fully saturated rings. The number of oxazole rings is 2. The zero-order valence-electron chi connectivity index (χ0n) is 22.0. The van der Waals surface area contributed by atoms with Crippen LogP contribution in [0.15, 0.2) is 112 Å². The van der Waals surface area contributed by atoms with Crippen LogP contribution in [0.5, 0.6) is 0 Å². The Balaban J connectivity index is 1.17. The first-order valence-electron chi connectivity index (χ1n) is 13.9. The number of para-hydroxylation sites is 3. The molecule has 4 aromatic rings. The molecule has 0 aliphatic heterocycles. The number of rotatable bonds is 5. The molecule has 2 aromatic heterocycles. The van der Waals surface area contributed by atoms with Crippen molar-refractivity contribution in [3.8, 4) is 0 Å². The van der Waals surface area contributed by atoms with E-state index < -0.39 is 0 Å². The summed E-state index contributed by atoms with van der Waals surface area (Å²) in [6.45, 7) is 2.29. The Hall–Kier alpha value is -4.38. The zero-order valence-corrected chi connectivity index (χ0v) is 22.0. The highest BCUT2D eigenvalue weighted by molar-refractivity contribution is 5.79. The van der Waals surface area contributed by atoms with E-state index in [9.17, 15) is 0 Å². The Morgan fingerprint density at radius 2 is 1.72 bits per heavy atom. The highest BCUT2D eigenvalue weighted by Gasteiger charge is 2.28. The average Bonchev–Trinajstić information content (AvgIpc) is 3.56. The van der Waals surface area contributed by atoms with Crippen molar-refractivity contribution < 1.29 is 8.83 Å². The van der Waals surface area contributed by atoms with Crippen LogP contribution in [0.25, 0.3) is 22.7 Å². The molecule has 194 valence electrons. The van der Waals surface area contributed by atoms with Gasteiger partial charge in [0, 0.05) is 23.4 Å². The third kappa shape index (κ3) is 4.59. The third-order valence-corrected chi connectivity index (χ3v) is 7.89. The van der Waals surface area contributed by atoms with Crippen molar-refractivity contribution in [2.45, 2.75) is 44.6 Å². The van der Waals surface area contributed by atoms with Crippen LogP contribution >= 0.6 is 0 Å².